The van der Waals surface area contributed by atoms with Crippen LogP contribution in [0.4, 0.5) is 4.39 Å². The fourth-order valence-electron chi connectivity index (χ4n) is 2.81. The van der Waals surface area contributed by atoms with Crippen molar-refractivity contribution in [2.75, 3.05) is 7.05 Å². The van der Waals surface area contributed by atoms with E-state index in [-0.39, 0.29) is 23.6 Å². The molecule has 0 bridgehead atoms. The van der Waals surface area contributed by atoms with Crippen molar-refractivity contribution >= 4 is 17.5 Å². The van der Waals surface area contributed by atoms with Gasteiger partial charge in [-0.2, -0.15) is 0 Å². The molecule has 0 heterocycles. The van der Waals surface area contributed by atoms with Gasteiger partial charge in [0, 0.05) is 24.5 Å². The van der Waals surface area contributed by atoms with Crippen LogP contribution in [0.15, 0.2) is 48.5 Å². The van der Waals surface area contributed by atoms with Crippen LogP contribution >= 0.6 is 11.6 Å². The van der Waals surface area contributed by atoms with Gasteiger partial charge in [-0.1, -0.05) is 41.9 Å². The molecule has 1 aliphatic carbocycles. The van der Waals surface area contributed by atoms with E-state index < -0.39 is 0 Å². The van der Waals surface area contributed by atoms with Crippen molar-refractivity contribution < 1.29 is 9.18 Å². The van der Waals surface area contributed by atoms with E-state index in [2.05, 4.69) is 0 Å². The van der Waals surface area contributed by atoms with Crippen molar-refractivity contribution in [3.63, 3.8) is 0 Å². The van der Waals surface area contributed by atoms with Crippen LogP contribution in [-0.4, -0.2) is 17.9 Å². The van der Waals surface area contributed by atoms with E-state index in [4.69, 9.17) is 11.6 Å². The average molecular weight is 318 g/mol. The molecule has 1 fully saturated rings. The first-order valence-corrected chi connectivity index (χ1v) is 7.68. The number of rotatable bonds is 4. The minimum Gasteiger partial charge on any atom is -0.341 e. The molecule has 0 N–H and O–H groups in total. The minimum atomic E-state index is -0.219. The minimum absolute atomic E-state index is 0.0152. The molecule has 1 amide bonds. The number of carbonyl (C=O) groups is 1. The molecular weight excluding hydrogens is 301 g/mol. The summed E-state index contributed by atoms with van der Waals surface area (Å²) in [4.78, 5) is 14.2. The summed E-state index contributed by atoms with van der Waals surface area (Å²) < 4.78 is 13.8. The predicted molar refractivity (Wildman–Crippen MR) is 85.2 cm³/mol. The summed E-state index contributed by atoms with van der Waals surface area (Å²) in [5.74, 6) is -0.234. The van der Waals surface area contributed by atoms with Crippen LogP contribution in [0.2, 0.25) is 5.02 Å². The van der Waals surface area contributed by atoms with Gasteiger partial charge in [-0.3, -0.25) is 4.79 Å². The van der Waals surface area contributed by atoms with Crippen LogP contribution in [0.25, 0.3) is 0 Å². The Labute approximate surface area is 134 Å². The Bertz CT molecular complexity index is 686. The molecule has 2 nitrogen and oxygen atoms in total. The van der Waals surface area contributed by atoms with Crippen LogP contribution in [0.1, 0.15) is 23.5 Å². The topological polar surface area (TPSA) is 20.3 Å². The summed E-state index contributed by atoms with van der Waals surface area (Å²) in [5.41, 5.74) is 1.68. The first-order valence-electron chi connectivity index (χ1n) is 7.30. The Kier molecular flexibility index (Phi) is 4.16. The smallest absolute Gasteiger partial charge is 0.226 e. The zero-order valence-electron chi connectivity index (χ0n) is 12.3. The number of benzene rings is 2. The van der Waals surface area contributed by atoms with Crippen molar-refractivity contribution in [1.29, 1.82) is 0 Å². The summed E-state index contributed by atoms with van der Waals surface area (Å²) in [6.45, 7) is 0.538. The predicted octanol–water partition coefficient (Wildman–Crippen LogP) is 4.24. The molecule has 2 unspecified atom stereocenters. The van der Waals surface area contributed by atoms with Gasteiger partial charge in [0.2, 0.25) is 5.91 Å². The van der Waals surface area contributed by atoms with E-state index >= 15 is 0 Å². The highest BCUT2D eigenvalue weighted by Crippen LogP contribution is 2.49. The normalized spacial score (nSPS) is 19.8. The van der Waals surface area contributed by atoms with E-state index in [1.807, 2.05) is 30.3 Å². The molecule has 114 valence electrons. The lowest BCUT2D eigenvalue weighted by Gasteiger charge is -2.17. The molecule has 0 aliphatic heterocycles. The molecule has 0 spiro atoms. The van der Waals surface area contributed by atoms with E-state index in [0.29, 0.717) is 17.1 Å². The fraction of sp³-hybridized carbons (Fsp3) is 0.278. The number of nitrogens with zero attached hydrogens (tertiary/aromatic N) is 1. The number of hydrogen-bond donors (Lipinski definition) is 0. The maximum atomic E-state index is 13.8. The number of carbonyl (C=O) groups excluding carboxylic acids is 1. The van der Waals surface area contributed by atoms with Gasteiger partial charge in [0.1, 0.15) is 5.82 Å². The number of halogens is 2. The molecule has 2 aromatic carbocycles. The van der Waals surface area contributed by atoms with Crippen molar-refractivity contribution in [3.8, 4) is 0 Å². The molecule has 1 saturated carbocycles. The largest absolute Gasteiger partial charge is 0.341 e. The summed E-state index contributed by atoms with van der Waals surface area (Å²) in [6.07, 6.45) is 0.727. The van der Waals surface area contributed by atoms with E-state index in [9.17, 15) is 9.18 Å². The Balaban J connectivity index is 1.63. The Morgan fingerprint density at radius 2 is 1.91 bits per heavy atom. The first-order chi connectivity index (χ1) is 10.6. The van der Waals surface area contributed by atoms with E-state index in [0.717, 1.165) is 12.0 Å². The summed E-state index contributed by atoms with van der Waals surface area (Å²) in [6, 6.07) is 14.2. The second-order valence-electron chi connectivity index (χ2n) is 5.79. The SMILES string of the molecule is CN(Cc1ccc(Cl)cc1)C(=O)C1CC1c1ccccc1F. The number of hydrogen-bond acceptors (Lipinski definition) is 1. The van der Waals surface area contributed by atoms with E-state index in [1.54, 1.807) is 24.1 Å². The molecule has 0 saturated heterocycles. The monoisotopic (exact) mass is 317 g/mol. The van der Waals surface area contributed by atoms with Gasteiger partial charge >= 0.3 is 0 Å². The van der Waals surface area contributed by atoms with Crippen molar-refractivity contribution in [3.05, 3.63) is 70.5 Å². The lowest BCUT2D eigenvalue weighted by Crippen LogP contribution is -2.28. The van der Waals surface area contributed by atoms with Gasteiger partial charge in [-0.25, -0.2) is 4.39 Å². The zero-order valence-corrected chi connectivity index (χ0v) is 13.1. The number of amides is 1. The maximum Gasteiger partial charge on any atom is 0.226 e. The summed E-state index contributed by atoms with van der Waals surface area (Å²) in [7, 11) is 1.79. The molecular formula is C18H17ClFNO. The Morgan fingerprint density at radius 3 is 2.59 bits per heavy atom. The third kappa shape index (κ3) is 3.14. The van der Waals surface area contributed by atoms with Crippen LogP contribution in [0.3, 0.4) is 0 Å². The Hall–Kier alpha value is -1.87. The third-order valence-corrected chi connectivity index (χ3v) is 4.37. The molecule has 2 aromatic rings. The van der Waals surface area contributed by atoms with Crippen molar-refractivity contribution in [1.82, 2.24) is 4.90 Å². The maximum absolute atomic E-state index is 13.8. The van der Waals surface area contributed by atoms with Gasteiger partial charge in [0.05, 0.1) is 0 Å². The average Bonchev–Trinajstić information content (AvgIpc) is 3.29. The zero-order chi connectivity index (χ0) is 15.7. The van der Waals surface area contributed by atoms with Crippen LogP contribution in [0.5, 0.6) is 0 Å². The van der Waals surface area contributed by atoms with Gasteiger partial charge in [0.25, 0.3) is 0 Å². The van der Waals surface area contributed by atoms with Crippen molar-refractivity contribution in [2.45, 2.75) is 18.9 Å². The molecule has 3 rings (SSSR count). The molecule has 0 radical (unpaired) electrons. The molecule has 1 aliphatic rings. The van der Waals surface area contributed by atoms with Gasteiger partial charge in [-0.15, -0.1) is 0 Å². The van der Waals surface area contributed by atoms with Crippen LogP contribution < -0.4 is 0 Å². The molecule has 4 heteroatoms. The summed E-state index contributed by atoms with van der Waals surface area (Å²) in [5, 5.41) is 0.680. The van der Waals surface area contributed by atoms with Crippen molar-refractivity contribution in [2.24, 2.45) is 5.92 Å². The second kappa shape index (κ2) is 6.09. The second-order valence-corrected chi connectivity index (χ2v) is 6.23. The Morgan fingerprint density at radius 1 is 1.23 bits per heavy atom. The van der Waals surface area contributed by atoms with Crippen LogP contribution in [0, 0.1) is 11.7 Å². The third-order valence-electron chi connectivity index (χ3n) is 4.12. The van der Waals surface area contributed by atoms with Gasteiger partial charge in [-0.05, 0) is 41.7 Å². The summed E-state index contributed by atoms with van der Waals surface area (Å²) >= 11 is 5.86. The highest BCUT2D eigenvalue weighted by molar-refractivity contribution is 6.30. The van der Waals surface area contributed by atoms with Crippen LogP contribution in [-0.2, 0) is 11.3 Å². The first kappa shape index (κ1) is 15.0. The van der Waals surface area contributed by atoms with E-state index in [1.165, 1.54) is 6.07 Å². The molecule has 22 heavy (non-hydrogen) atoms. The lowest BCUT2D eigenvalue weighted by molar-refractivity contribution is -0.131. The lowest BCUT2D eigenvalue weighted by atomic mass is 10.1. The quantitative estimate of drug-likeness (QED) is 0.826. The standard InChI is InChI=1S/C18H17ClFNO/c1-21(11-12-6-8-13(19)9-7-12)18(22)16-10-15(16)14-4-2-3-5-17(14)20/h2-9,15-16H,10-11H2,1H3. The molecule has 2 atom stereocenters. The van der Waals surface area contributed by atoms with Gasteiger partial charge < -0.3 is 4.90 Å². The highest BCUT2D eigenvalue weighted by Gasteiger charge is 2.46. The highest BCUT2D eigenvalue weighted by atomic mass is 35.5. The fourth-order valence-corrected chi connectivity index (χ4v) is 2.94. The molecule has 0 aromatic heterocycles. The van der Waals surface area contributed by atoms with Gasteiger partial charge in [0.15, 0.2) is 0 Å².